The quantitative estimate of drug-likeness (QED) is 0.0762. The standard InChI is InChI=1S/C31H23ClN4O9/c1-18(37)44-27-13-7-21(16-28(27)43-2)31(40)45-26-14-12-25(36(41)42)15-22(26)17-33-35-30(39)20-5-10-24(11-6-20)34-29(38)19-3-8-23(32)9-4-19/h3-17H,1-2H3,(H,34,38)(H,35,39)/b33-17+. The zero-order chi connectivity index (χ0) is 32.5. The molecule has 0 saturated carbocycles. The molecule has 0 aromatic heterocycles. The Hall–Kier alpha value is -6.08. The number of nitrogens with one attached hydrogen (secondary N) is 2. The van der Waals surface area contributed by atoms with Crippen LogP contribution >= 0.6 is 11.6 Å². The summed E-state index contributed by atoms with van der Waals surface area (Å²) in [5.41, 5.74) is 3.08. The van der Waals surface area contributed by atoms with Gasteiger partial charge in [-0.25, -0.2) is 10.2 Å². The van der Waals surface area contributed by atoms with Gasteiger partial charge in [-0.2, -0.15) is 5.10 Å². The summed E-state index contributed by atoms with van der Waals surface area (Å²) >= 11 is 5.85. The van der Waals surface area contributed by atoms with Crippen molar-refractivity contribution in [3.63, 3.8) is 0 Å². The molecule has 0 saturated heterocycles. The van der Waals surface area contributed by atoms with Crippen molar-refractivity contribution in [1.29, 1.82) is 0 Å². The van der Waals surface area contributed by atoms with Gasteiger partial charge >= 0.3 is 11.9 Å². The van der Waals surface area contributed by atoms with Gasteiger partial charge < -0.3 is 19.5 Å². The number of non-ortho nitro benzene ring substituents is 1. The first-order valence-electron chi connectivity index (χ1n) is 12.9. The Morgan fingerprint density at radius 1 is 0.800 bits per heavy atom. The predicted octanol–water partition coefficient (Wildman–Crippen LogP) is 5.42. The third-order valence-electron chi connectivity index (χ3n) is 5.94. The van der Waals surface area contributed by atoms with E-state index in [-0.39, 0.29) is 45.5 Å². The van der Waals surface area contributed by atoms with Gasteiger partial charge in [-0.1, -0.05) is 11.6 Å². The molecule has 0 fully saturated rings. The van der Waals surface area contributed by atoms with E-state index >= 15 is 0 Å². The predicted molar refractivity (Wildman–Crippen MR) is 163 cm³/mol. The fourth-order valence-electron chi connectivity index (χ4n) is 3.77. The number of amides is 2. The molecule has 13 nitrogen and oxygen atoms in total. The van der Waals surface area contributed by atoms with Gasteiger partial charge in [0.05, 0.1) is 23.8 Å². The van der Waals surface area contributed by atoms with E-state index in [9.17, 15) is 29.3 Å². The number of rotatable bonds is 10. The molecule has 45 heavy (non-hydrogen) atoms. The maximum absolute atomic E-state index is 12.9. The van der Waals surface area contributed by atoms with E-state index in [0.717, 1.165) is 18.3 Å². The number of methoxy groups -OCH3 is 1. The molecule has 4 aromatic carbocycles. The number of carbonyl (C=O) groups excluding carboxylic acids is 4. The molecule has 4 rings (SSSR count). The van der Waals surface area contributed by atoms with Crippen LogP contribution in [0, 0.1) is 10.1 Å². The number of hydrogen-bond acceptors (Lipinski definition) is 10. The van der Waals surface area contributed by atoms with Crippen molar-refractivity contribution in [2.45, 2.75) is 6.92 Å². The lowest BCUT2D eigenvalue weighted by molar-refractivity contribution is -0.384. The molecule has 2 amide bonds. The van der Waals surface area contributed by atoms with Crippen LogP contribution in [0.4, 0.5) is 11.4 Å². The second kappa shape index (κ2) is 14.4. The van der Waals surface area contributed by atoms with Crippen LogP contribution in [-0.2, 0) is 4.79 Å². The average molecular weight is 631 g/mol. The molecule has 0 aliphatic rings. The molecule has 0 aliphatic heterocycles. The van der Waals surface area contributed by atoms with Crippen LogP contribution in [0.1, 0.15) is 43.6 Å². The Morgan fingerprint density at radius 3 is 2.07 bits per heavy atom. The Bertz CT molecular complexity index is 1810. The minimum Gasteiger partial charge on any atom is -0.493 e. The molecule has 0 atom stereocenters. The topological polar surface area (TPSA) is 176 Å². The number of hydrogen-bond donors (Lipinski definition) is 2. The van der Waals surface area contributed by atoms with Crippen molar-refractivity contribution in [3.05, 3.63) is 122 Å². The van der Waals surface area contributed by atoms with Crippen LogP contribution in [-0.4, -0.2) is 42.0 Å². The molecular formula is C31H23ClN4O9. The fraction of sp³-hybridized carbons (Fsp3) is 0.0645. The van der Waals surface area contributed by atoms with E-state index in [2.05, 4.69) is 15.8 Å². The minimum absolute atomic E-state index is 0.0154. The van der Waals surface area contributed by atoms with Crippen LogP contribution < -0.4 is 25.0 Å². The van der Waals surface area contributed by atoms with Gasteiger partial charge in [-0.3, -0.25) is 24.5 Å². The molecule has 14 heteroatoms. The van der Waals surface area contributed by atoms with Crippen molar-refractivity contribution < 1.29 is 38.3 Å². The normalized spacial score (nSPS) is 10.6. The number of halogens is 1. The summed E-state index contributed by atoms with van der Waals surface area (Å²) in [6, 6.07) is 19.8. The SMILES string of the molecule is COc1cc(C(=O)Oc2ccc([N+](=O)[O-])cc2/C=N/NC(=O)c2ccc(NC(=O)c3ccc(Cl)cc3)cc2)ccc1OC(C)=O. The van der Waals surface area contributed by atoms with E-state index in [0.29, 0.717) is 16.3 Å². The van der Waals surface area contributed by atoms with Gasteiger partial charge in [-0.05, 0) is 72.8 Å². The molecule has 4 aromatic rings. The third kappa shape index (κ3) is 8.49. The van der Waals surface area contributed by atoms with Gasteiger partial charge in [0.2, 0.25) is 0 Å². The van der Waals surface area contributed by atoms with E-state index in [1.165, 1.54) is 62.6 Å². The summed E-state index contributed by atoms with van der Waals surface area (Å²) in [5.74, 6) is -2.31. The summed E-state index contributed by atoms with van der Waals surface area (Å²) in [4.78, 5) is 59.9. The Labute approximate surface area is 260 Å². The number of benzene rings is 4. The minimum atomic E-state index is -0.849. The van der Waals surface area contributed by atoms with Crippen LogP contribution in [0.5, 0.6) is 17.2 Å². The summed E-state index contributed by atoms with van der Waals surface area (Å²) in [6.45, 7) is 1.21. The largest absolute Gasteiger partial charge is 0.493 e. The summed E-state index contributed by atoms with van der Waals surface area (Å²) in [5, 5.41) is 18.4. The molecular weight excluding hydrogens is 608 g/mol. The highest BCUT2D eigenvalue weighted by Crippen LogP contribution is 2.30. The first kappa shape index (κ1) is 31.8. The van der Waals surface area contributed by atoms with Gasteiger partial charge in [0.25, 0.3) is 17.5 Å². The van der Waals surface area contributed by atoms with Gasteiger partial charge in [-0.15, -0.1) is 0 Å². The molecule has 228 valence electrons. The Kier molecular flexibility index (Phi) is 10.2. The second-order valence-electron chi connectivity index (χ2n) is 9.07. The number of hydrazone groups is 1. The lowest BCUT2D eigenvalue weighted by Crippen LogP contribution is -2.18. The lowest BCUT2D eigenvalue weighted by Gasteiger charge is -2.11. The third-order valence-corrected chi connectivity index (χ3v) is 6.19. The number of esters is 2. The Morgan fingerprint density at radius 2 is 1.42 bits per heavy atom. The zero-order valence-electron chi connectivity index (χ0n) is 23.6. The first-order chi connectivity index (χ1) is 21.5. The van der Waals surface area contributed by atoms with Crippen molar-refractivity contribution >= 4 is 52.9 Å². The number of nitro benzene ring substituents is 1. The molecule has 0 bridgehead atoms. The van der Waals surface area contributed by atoms with Gasteiger partial charge in [0.15, 0.2) is 11.5 Å². The van der Waals surface area contributed by atoms with E-state index in [4.69, 9.17) is 25.8 Å². The summed E-state index contributed by atoms with van der Waals surface area (Å²) < 4.78 is 15.6. The fourth-order valence-corrected chi connectivity index (χ4v) is 3.90. The second-order valence-corrected chi connectivity index (χ2v) is 9.50. The van der Waals surface area contributed by atoms with Gasteiger partial charge in [0, 0.05) is 46.5 Å². The molecule has 0 radical (unpaired) electrons. The van der Waals surface area contributed by atoms with Crippen molar-refractivity contribution in [2.75, 3.05) is 12.4 Å². The van der Waals surface area contributed by atoms with Crippen molar-refractivity contribution in [3.8, 4) is 17.2 Å². The van der Waals surface area contributed by atoms with Crippen molar-refractivity contribution in [2.24, 2.45) is 5.10 Å². The molecule has 0 aliphatic carbocycles. The number of nitrogens with zero attached hydrogens (tertiary/aromatic N) is 2. The van der Waals surface area contributed by atoms with Crippen LogP contribution in [0.2, 0.25) is 5.02 Å². The number of anilines is 1. The summed E-state index contributed by atoms with van der Waals surface area (Å²) in [7, 11) is 1.33. The highest BCUT2D eigenvalue weighted by Gasteiger charge is 2.18. The van der Waals surface area contributed by atoms with Crippen LogP contribution in [0.3, 0.4) is 0 Å². The smallest absolute Gasteiger partial charge is 0.343 e. The van der Waals surface area contributed by atoms with Crippen LogP contribution in [0.15, 0.2) is 90.0 Å². The number of ether oxygens (including phenoxy) is 3. The highest BCUT2D eigenvalue weighted by molar-refractivity contribution is 6.30. The first-order valence-corrected chi connectivity index (χ1v) is 13.3. The Balaban J connectivity index is 1.45. The number of nitro groups is 1. The average Bonchev–Trinajstić information content (AvgIpc) is 3.02. The maximum atomic E-state index is 12.9. The number of carbonyl (C=O) groups is 4. The molecule has 0 spiro atoms. The van der Waals surface area contributed by atoms with E-state index in [1.807, 2.05) is 0 Å². The molecule has 0 heterocycles. The maximum Gasteiger partial charge on any atom is 0.343 e. The summed E-state index contributed by atoms with van der Waals surface area (Å²) in [6.07, 6.45) is 1.08. The van der Waals surface area contributed by atoms with Crippen molar-refractivity contribution in [1.82, 2.24) is 5.43 Å². The van der Waals surface area contributed by atoms with E-state index < -0.39 is 22.8 Å². The molecule has 0 unspecified atom stereocenters. The van der Waals surface area contributed by atoms with Crippen LogP contribution in [0.25, 0.3) is 0 Å². The zero-order valence-corrected chi connectivity index (χ0v) is 24.4. The van der Waals surface area contributed by atoms with E-state index in [1.54, 1.807) is 24.3 Å². The monoisotopic (exact) mass is 630 g/mol. The lowest BCUT2D eigenvalue weighted by atomic mass is 10.1. The van der Waals surface area contributed by atoms with Gasteiger partial charge in [0.1, 0.15) is 5.75 Å². The molecule has 2 N–H and O–H groups in total. The highest BCUT2D eigenvalue weighted by atomic mass is 35.5.